The molecule has 0 N–H and O–H groups in total. The number of benzene rings is 1. The number of rotatable bonds is 2. The Kier molecular flexibility index (Phi) is 2.64. The highest BCUT2D eigenvalue weighted by atomic mass is 32.1. The van der Waals surface area contributed by atoms with E-state index >= 15 is 0 Å². The van der Waals surface area contributed by atoms with Gasteiger partial charge in [-0.15, -0.1) is 0 Å². The van der Waals surface area contributed by atoms with Crippen LogP contribution in [-0.2, 0) is 6.42 Å². The van der Waals surface area contributed by atoms with Gasteiger partial charge in [-0.05, 0) is 36.0 Å². The molecule has 0 spiro atoms. The lowest BCUT2D eigenvalue weighted by Crippen LogP contribution is -1.81. The van der Waals surface area contributed by atoms with E-state index in [-0.39, 0.29) is 0 Å². The standard InChI is InChI=1S/C12H13NS/c1-3-10-4-6-11(7-5-10)12-8-14-13-9(12)2/h4-8H,3H2,1-2H3. The van der Waals surface area contributed by atoms with E-state index in [4.69, 9.17) is 0 Å². The molecule has 0 atom stereocenters. The SMILES string of the molecule is CCc1ccc(-c2csnc2C)cc1. The summed E-state index contributed by atoms with van der Waals surface area (Å²) >= 11 is 1.52. The fourth-order valence-corrected chi connectivity index (χ4v) is 2.21. The molecular formula is C12H13NS. The molecule has 72 valence electrons. The van der Waals surface area contributed by atoms with Gasteiger partial charge in [-0.1, -0.05) is 31.2 Å². The molecule has 0 aliphatic heterocycles. The third-order valence-corrected chi connectivity index (χ3v) is 3.14. The quantitative estimate of drug-likeness (QED) is 0.725. The van der Waals surface area contributed by atoms with Crippen LogP contribution in [0.2, 0.25) is 0 Å². The van der Waals surface area contributed by atoms with E-state index in [0.29, 0.717) is 0 Å². The highest BCUT2D eigenvalue weighted by Crippen LogP contribution is 2.24. The van der Waals surface area contributed by atoms with E-state index in [1.165, 1.54) is 28.2 Å². The second-order valence-electron chi connectivity index (χ2n) is 3.36. The second-order valence-corrected chi connectivity index (χ2v) is 3.99. The first-order valence-corrected chi connectivity index (χ1v) is 5.65. The van der Waals surface area contributed by atoms with Gasteiger partial charge in [0, 0.05) is 10.9 Å². The minimum atomic E-state index is 1.10. The van der Waals surface area contributed by atoms with E-state index in [1.807, 2.05) is 0 Å². The molecule has 1 aromatic carbocycles. The average Bonchev–Trinajstić information content (AvgIpc) is 2.65. The monoisotopic (exact) mass is 203 g/mol. The van der Waals surface area contributed by atoms with Crippen molar-refractivity contribution in [3.05, 3.63) is 40.9 Å². The molecule has 2 aromatic rings. The van der Waals surface area contributed by atoms with Crippen LogP contribution in [0.5, 0.6) is 0 Å². The van der Waals surface area contributed by atoms with Crippen molar-refractivity contribution in [1.82, 2.24) is 4.37 Å². The first-order valence-electron chi connectivity index (χ1n) is 4.81. The van der Waals surface area contributed by atoms with Gasteiger partial charge in [-0.3, -0.25) is 0 Å². The second kappa shape index (κ2) is 3.93. The lowest BCUT2D eigenvalue weighted by molar-refractivity contribution is 1.14. The molecule has 2 rings (SSSR count). The molecule has 0 bridgehead atoms. The van der Waals surface area contributed by atoms with Crippen LogP contribution < -0.4 is 0 Å². The Labute approximate surface area is 88.6 Å². The fraction of sp³-hybridized carbons (Fsp3) is 0.250. The first kappa shape index (κ1) is 9.41. The zero-order chi connectivity index (χ0) is 9.97. The topological polar surface area (TPSA) is 12.9 Å². The Hall–Kier alpha value is -1.15. The summed E-state index contributed by atoms with van der Waals surface area (Å²) < 4.78 is 4.28. The number of nitrogens with zero attached hydrogens (tertiary/aromatic N) is 1. The Balaban J connectivity index is 2.39. The Bertz CT molecular complexity index is 414. The van der Waals surface area contributed by atoms with E-state index in [0.717, 1.165) is 12.1 Å². The Morgan fingerprint density at radius 1 is 1.21 bits per heavy atom. The molecule has 1 heterocycles. The molecule has 0 fully saturated rings. The molecule has 0 unspecified atom stereocenters. The summed E-state index contributed by atoms with van der Waals surface area (Å²) in [5, 5.41) is 2.11. The summed E-state index contributed by atoms with van der Waals surface area (Å²) in [6.07, 6.45) is 1.10. The van der Waals surface area contributed by atoms with Crippen LogP contribution in [0.3, 0.4) is 0 Å². The maximum absolute atomic E-state index is 4.28. The molecule has 0 aliphatic carbocycles. The van der Waals surface area contributed by atoms with Crippen LogP contribution in [0.25, 0.3) is 11.1 Å². The first-order chi connectivity index (χ1) is 6.81. The molecule has 1 aromatic heterocycles. The van der Waals surface area contributed by atoms with Crippen molar-refractivity contribution in [2.75, 3.05) is 0 Å². The van der Waals surface area contributed by atoms with Crippen molar-refractivity contribution in [3.8, 4) is 11.1 Å². The number of aromatic nitrogens is 1. The minimum Gasteiger partial charge on any atom is -0.197 e. The molecule has 14 heavy (non-hydrogen) atoms. The molecule has 2 heteroatoms. The smallest absolute Gasteiger partial charge is 0.0589 e. The van der Waals surface area contributed by atoms with E-state index in [1.54, 1.807) is 0 Å². The summed E-state index contributed by atoms with van der Waals surface area (Å²) in [5.74, 6) is 0. The van der Waals surface area contributed by atoms with Gasteiger partial charge >= 0.3 is 0 Å². The van der Waals surface area contributed by atoms with Crippen molar-refractivity contribution in [2.45, 2.75) is 20.3 Å². The maximum atomic E-state index is 4.28. The van der Waals surface area contributed by atoms with Crippen molar-refractivity contribution < 1.29 is 0 Å². The highest BCUT2D eigenvalue weighted by Gasteiger charge is 2.03. The van der Waals surface area contributed by atoms with Gasteiger partial charge in [0.25, 0.3) is 0 Å². The van der Waals surface area contributed by atoms with Crippen LogP contribution in [-0.4, -0.2) is 4.37 Å². The molecular weight excluding hydrogens is 190 g/mol. The lowest BCUT2D eigenvalue weighted by atomic mass is 10.0. The van der Waals surface area contributed by atoms with Crippen molar-refractivity contribution >= 4 is 11.5 Å². The molecule has 0 amide bonds. The Morgan fingerprint density at radius 2 is 1.93 bits per heavy atom. The van der Waals surface area contributed by atoms with Crippen molar-refractivity contribution in [3.63, 3.8) is 0 Å². The summed E-state index contributed by atoms with van der Waals surface area (Å²) in [6.45, 7) is 4.23. The molecule has 1 nitrogen and oxygen atoms in total. The van der Waals surface area contributed by atoms with Crippen LogP contribution in [0.4, 0.5) is 0 Å². The van der Waals surface area contributed by atoms with Gasteiger partial charge < -0.3 is 0 Å². The van der Waals surface area contributed by atoms with Crippen LogP contribution in [0.1, 0.15) is 18.2 Å². The molecule has 0 saturated carbocycles. The average molecular weight is 203 g/mol. The zero-order valence-electron chi connectivity index (χ0n) is 8.45. The van der Waals surface area contributed by atoms with Gasteiger partial charge in [0.15, 0.2) is 0 Å². The van der Waals surface area contributed by atoms with Crippen molar-refractivity contribution in [1.29, 1.82) is 0 Å². The summed E-state index contributed by atoms with van der Waals surface area (Å²) in [5.41, 5.74) is 5.04. The largest absolute Gasteiger partial charge is 0.197 e. The third-order valence-electron chi connectivity index (χ3n) is 2.42. The van der Waals surface area contributed by atoms with Gasteiger partial charge in [0.1, 0.15) is 0 Å². The van der Waals surface area contributed by atoms with E-state index in [9.17, 15) is 0 Å². The van der Waals surface area contributed by atoms with E-state index < -0.39 is 0 Å². The van der Waals surface area contributed by atoms with Gasteiger partial charge in [-0.2, -0.15) is 4.37 Å². The van der Waals surface area contributed by atoms with Crippen LogP contribution in [0, 0.1) is 6.92 Å². The third kappa shape index (κ3) is 1.70. The molecule has 0 saturated heterocycles. The van der Waals surface area contributed by atoms with Gasteiger partial charge in [-0.25, -0.2) is 0 Å². The van der Waals surface area contributed by atoms with E-state index in [2.05, 4.69) is 47.9 Å². The van der Waals surface area contributed by atoms with Crippen molar-refractivity contribution in [2.24, 2.45) is 0 Å². The maximum Gasteiger partial charge on any atom is 0.0589 e. The minimum absolute atomic E-state index is 1.10. The Morgan fingerprint density at radius 3 is 2.43 bits per heavy atom. The number of hydrogen-bond donors (Lipinski definition) is 0. The lowest BCUT2D eigenvalue weighted by Gasteiger charge is -2.00. The zero-order valence-corrected chi connectivity index (χ0v) is 9.27. The molecule has 0 radical (unpaired) electrons. The fourth-order valence-electron chi connectivity index (χ4n) is 1.49. The predicted molar refractivity (Wildman–Crippen MR) is 61.7 cm³/mol. The summed E-state index contributed by atoms with van der Waals surface area (Å²) in [4.78, 5) is 0. The highest BCUT2D eigenvalue weighted by molar-refractivity contribution is 7.04. The molecule has 0 aliphatic rings. The van der Waals surface area contributed by atoms with Crippen LogP contribution in [0.15, 0.2) is 29.6 Å². The normalized spacial score (nSPS) is 10.4. The summed E-state index contributed by atoms with van der Waals surface area (Å²) in [6, 6.07) is 8.73. The summed E-state index contributed by atoms with van der Waals surface area (Å²) in [7, 11) is 0. The number of aryl methyl sites for hydroxylation is 2. The van der Waals surface area contributed by atoms with Crippen LogP contribution >= 0.6 is 11.5 Å². The van der Waals surface area contributed by atoms with Gasteiger partial charge in [0.2, 0.25) is 0 Å². The predicted octanol–water partition coefficient (Wildman–Crippen LogP) is 3.68. The number of hydrogen-bond acceptors (Lipinski definition) is 2. The van der Waals surface area contributed by atoms with Gasteiger partial charge in [0.05, 0.1) is 5.69 Å².